The molecule has 10 heavy (non-hydrogen) atoms. The minimum Gasteiger partial charge on any atom is -0.356 e. The normalized spacial score (nSPS) is 4.80. The number of hydrogen-bond acceptors (Lipinski definition) is 6. The second-order valence-electron chi connectivity index (χ2n) is 0.447. The van der Waals surface area contributed by atoms with E-state index in [0.29, 0.717) is 0 Å². The third-order valence-electron chi connectivity index (χ3n) is 0. The Morgan fingerprint density at radius 3 is 0.800 bits per heavy atom. The molecule has 0 spiro atoms. The molecule has 0 atom stereocenters. The monoisotopic (exact) mass is 368 g/mol. The van der Waals surface area contributed by atoms with E-state index in [1.165, 1.54) is 0 Å². The van der Waals surface area contributed by atoms with Gasteiger partial charge in [-0.15, -0.1) is 0 Å². The van der Waals surface area contributed by atoms with Gasteiger partial charge in [-0.05, 0) is 0 Å². The van der Waals surface area contributed by atoms with Crippen molar-refractivity contribution in [2.24, 2.45) is 0 Å². The summed E-state index contributed by atoms with van der Waals surface area (Å²) in [5.41, 5.74) is 0. The molecule has 0 saturated carbocycles. The molecule has 0 radical (unpaired) electrons. The first-order valence-corrected chi connectivity index (χ1v) is 1.10. The van der Waals surface area contributed by atoms with Crippen LogP contribution in [-0.2, 0) is 0 Å². The molecule has 0 aliphatic heterocycles. The largest absolute Gasteiger partial charge is 1.00 e. The second-order valence-corrected chi connectivity index (χ2v) is 0.447. The van der Waals surface area contributed by atoms with Crippen LogP contribution in [0, 0.1) is 30.6 Å². The first-order valence-electron chi connectivity index (χ1n) is 1.10. The summed E-state index contributed by atoms with van der Waals surface area (Å²) in [7, 11) is 0. The Kier molecular flexibility index (Phi) is 37.0. The summed E-state index contributed by atoms with van der Waals surface area (Å²) >= 11 is 0. The van der Waals surface area contributed by atoms with Gasteiger partial charge >= 0.3 is 78.7 Å². The van der Waals surface area contributed by atoms with E-state index in [-0.39, 0.29) is 78.7 Å². The van der Waals surface area contributed by atoms with Gasteiger partial charge in [0.2, 0.25) is 0 Å². The minimum absolute atomic E-state index is 0. The number of rotatable bonds is 0. The molecule has 0 N–H and O–H groups in total. The SMILES string of the molecule is O=[N+]([O-])[O-].O=[N+]([O-])[O-].[K+].[Tl+]. The predicted octanol–water partition coefficient (Wildman–Crippen LogP) is -3.86. The summed E-state index contributed by atoms with van der Waals surface area (Å²) < 4.78 is 0. The molecule has 0 amide bonds. The molecular weight excluding hydrogens is 367 g/mol. The molecular formula is KN2O6Tl. The van der Waals surface area contributed by atoms with Crippen molar-refractivity contribution >= 4 is 27.3 Å². The Morgan fingerprint density at radius 1 is 0.800 bits per heavy atom. The van der Waals surface area contributed by atoms with Gasteiger partial charge in [-0.3, -0.25) is 0 Å². The average molecular weight is 367 g/mol. The second kappa shape index (κ2) is 16.5. The van der Waals surface area contributed by atoms with Gasteiger partial charge in [0.1, 0.15) is 0 Å². The molecule has 0 saturated heterocycles. The van der Waals surface area contributed by atoms with Crippen LogP contribution in [0.1, 0.15) is 0 Å². The molecule has 0 aliphatic carbocycles. The molecule has 0 unspecified atom stereocenters. The van der Waals surface area contributed by atoms with E-state index in [0.717, 1.165) is 0 Å². The van der Waals surface area contributed by atoms with Crippen LogP contribution in [0.3, 0.4) is 0 Å². The van der Waals surface area contributed by atoms with Gasteiger partial charge in [0, 0.05) is 0 Å². The summed E-state index contributed by atoms with van der Waals surface area (Å²) in [6.45, 7) is 0. The summed E-state index contributed by atoms with van der Waals surface area (Å²) in [5.74, 6) is 0. The Labute approximate surface area is 117 Å². The van der Waals surface area contributed by atoms with Crippen molar-refractivity contribution in [1.82, 2.24) is 0 Å². The zero-order chi connectivity index (χ0) is 7.15. The Balaban J connectivity index is -0.0000000300. The van der Waals surface area contributed by atoms with Crippen LogP contribution in [0.15, 0.2) is 0 Å². The van der Waals surface area contributed by atoms with Gasteiger partial charge in [0.25, 0.3) is 0 Å². The molecule has 0 aromatic rings. The summed E-state index contributed by atoms with van der Waals surface area (Å²) in [6, 6.07) is 0. The van der Waals surface area contributed by atoms with Crippen LogP contribution in [0.5, 0.6) is 0 Å². The molecule has 0 fully saturated rings. The molecule has 0 aliphatic rings. The summed E-state index contributed by atoms with van der Waals surface area (Å²) in [5, 5.41) is 29.5. The zero-order valence-electron chi connectivity index (χ0n) is 4.92. The fourth-order valence-corrected chi connectivity index (χ4v) is 0. The van der Waals surface area contributed by atoms with Crippen LogP contribution < -0.4 is 51.4 Å². The molecule has 0 rings (SSSR count). The molecule has 0 bridgehead atoms. The van der Waals surface area contributed by atoms with Crippen molar-refractivity contribution in [1.29, 1.82) is 0 Å². The Hall–Kier alpha value is 0.958. The van der Waals surface area contributed by atoms with Crippen LogP contribution in [0.4, 0.5) is 0 Å². The van der Waals surface area contributed by atoms with E-state index < -0.39 is 10.2 Å². The minimum atomic E-state index is -1.75. The molecule has 8 nitrogen and oxygen atoms in total. The van der Waals surface area contributed by atoms with Crippen molar-refractivity contribution in [2.45, 2.75) is 0 Å². The van der Waals surface area contributed by atoms with Gasteiger partial charge in [0.15, 0.2) is 0 Å². The van der Waals surface area contributed by atoms with E-state index in [2.05, 4.69) is 0 Å². The summed E-state index contributed by atoms with van der Waals surface area (Å²) in [4.78, 5) is 16.5. The van der Waals surface area contributed by atoms with Crippen molar-refractivity contribution in [3.8, 4) is 0 Å². The third kappa shape index (κ3) is 618. The molecule has 0 aromatic carbocycles. The summed E-state index contributed by atoms with van der Waals surface area (Å²) in [6.07, 6.45) is 0. The smallest absolute Gasteiger partial charge is 0.356 e. The van der Waals surface area contributed by atoms with Gasteiger partial charge in [-0.1, -0.05) is 0 Å². The van der Waals surface area contributed by atoms with E-state index in [1.54, 1.807) is 0 Å². The Morgan fingerprint density at radius 2 is 0.800 bits per heavy atom. The van der Waals surface area contributed by atoms with E-state index in [1.807, 2.05) is 0 Å². The fraction of sp³-hybridized carbons (Fsp3) is 0. The van der Waals surface area contributed by atoms with E-state index in [9.17, 15) is 0 Å². The number of hydrogen-bond donors (Lipinski definition) is 0. The van der Waals surface area contributed by atoms with Crippen LogP contribution in [-0.4, -0.2) is 37.5 Å². The first-order chi connectivity index (χ1) is 3.46. The standard InChI is InChI=1S/K.2NO3.Tl/c;2*2-1(3)4;/q+1;2*-1;+1. The van der Waals surface area contributed by atoms with E-state index in [4.69, 9.17) is 30.6 Å². The van der Waals surface area contributed by atoms with E-state index >= 15 is 0 Å². The quantitative estimate of drug-likeness (QED) is 0.244. The maximum absolute atomic E-state index is 8.25. The molecule has 0 heterocycles. The van der Waals surface area contributed by atoms with Gasteiger partial charge in [-0.25, -0.2) is 0 Å². The molecule has 10 heteroatoms. The van der Waals surface area contributed by atoms with Crippen molar-refractivity contribution in [3.05, 3.63) is 30.6 Å². The number of nitrogens with zero attached hydrogens (tertiary/aromatic N) is 2. The average Bonchev–Trinajstić information content (AvgIpc) is 1.25. The van der Waals surface area contributed by atoms with Crippen LogP contribution in [0.25, 0.3) is 0 Å². The van der Waals surface area contributed by atoms with Crippen LogP contribution in [0.2, 0.25) is 0 Å². The van der Waals surface area contributed by atoms with Crippen LogP contribution >= 0.6 is 0 Å². The Bertz CT molecular complexity index is 73.7. The molecule has 50 valence electrons. The maximum atomic E-state index is 8.25. The van der Waals surface area contributed by atoms with Crippen molar-refractivity contribution in [2.75, 3.05) is 0 Å². The topological polar surface area (TPSA) is 132 Å². The third-order valence-corrected chi connectivity index (χ3v) is 0. The van der Waals surface area contributed by atoms with Crippen molar-refractivity contribution < 1.29 is 61.6 Å². The maximum Gasteiger partial charge on any atom is 1.00 e. The van der Waals surface area contributed by atoms with Crippen molar-refractivity contribution in [3.63, 3.8) is 0 Å². The first kappa shape index (κ1) is 22.4. The van der Waals surface area contributed by atoms with Gasteiger partial charge in [0.05, 0.1) is 10.2 Å². The van der Waals surface area contributed by atoms with Gasteiger partial charge in [-0.2, -0.15) is 0 Å². The van der Waals surface area contributed by atoms with Gasteiger partial charge < -0.3 is 30.6 Å². The molecule has 0 aromatic heterocycles. The predicted molar refractivity (Wildman–Crippen MR) is 26.5 cm³/mol. The fourth-order valence-electron chi connectivity index (χ4n) is 0. The zero-order valence-corrected chi connectivity index (χ0v) is 12.5.